The maximum Gasteiger partial charge on any atom is 0.387 e. The van der Waals surface area contributed by atoms with Crippen LogP contribution in [-0.4, -0.2) is 30.3 Å². The molecule has 21 heavy (non-hydrogen) atoms. The summed E-state index contributed by atoms with van der Waals surface area (Å²) >= 11 is 0. The highest BCUT2D eigenvalue weighted by molar-refractivity contribution is 5.94. The van der Waals surface area contributed by atoms with Gasteiger partial charge in [-0.3, -0.25) is 4.79 Å². The van der Waals surface area contributed by atoms with Crippen LogP contribution < -0.4 is 10.1 Å². The van der Waals surface area contributed by atoms with Crippen LogP contribution in [-0.2, 0) is 0 Å². The van der Waals surface area contributed by atoms with Crippen LogP contribution in [0.2, 0.25) is 0 Å². The normalized spacial score (nSPS) is 17.0. The number of carbonyl (C=O) groups is 1. The van der Waals surface area contributed by atoms with Crippen LogP contribution in [0.5, 0.6) is 5.75 Å². The van der Waals surface area contributed by atoms with Crippen LogP contribution in [0.3, 0.4) is 0 Å². The molecule has 0 aliphatic heterocycles. The summed E-state index contributed by atoms with van der Waals surface area (Å²) in [4.78, 5) is 11.9. The van der Waals surface area contributed by atoms with Crippen LogP contribution in [0.1, 0.15) is 36.0 Å². The quantitative estimate of drug-likeness (QED) is 0.849. The maximum absolute atomic E-state index is 12.0. The molecule has 1 atom stereocenters. The molecule has 0 spiro atoms. The Bertz CT molecular complexity index is 458. The van der Waals surface area contributed by atoms with Crippen molar-refractivity contribution < 1.29 is 23.4 Å². The van der Waals surface area contributed by atoms with Crippen LogP contribution in [0, 0.1) is 5.92 Å². The summed E-state index contributed by atoms with van der Waals surface area (Å²) in [6.45, 7) is -2.68. The van der Waals surface area contributed by atoms with Crippen LogP contribution in [0.4, 0.5) is 8.78 Å². The predicted molar refractivity (Wildman–Crippen MR) is 73.4 cm³/mol. The molecule has 1 aromatic rings. The molecule has 2 N–H and O–H groups in total. The molecular formula is C15H19F2NO3. The molecule has 1 aromatic carbocycles. The summed E-state index contributed by atoms with van der Waals surface area (Å²) in [5.74, 6) is -0.0738. The number of amides is 1. The van der Waals surface area contributed by atoms with Crippen molar-refractivity contribution in [3.8, 4) is 5.75 Å². The fourth-order valence-electron chi connectivity index (χ4n) is 2.60. The van der Waals surface area contributed by atoms with Crippen molar-refractivity contribution in [1.82, 2.24) is 5.32 Å². The highest BCUT2D eigenvalue weighted by Gasteiger charge is 2.23. The smallest absolute Gasteiger partial charge is 0.387 e. The minimum Gasteiger partial charge on any atom is -0.435 e. The Morgan fingerprint density at radius 1 is 1.29 bits per heavy atom. The molecule has 1 aliphatic rings. The van der Waals surface area contributed by atoms with Gasteiger partial charge >= 0.3 is 6.61 Å². The fourth-order valence-corrected chi connectivity index (χ4v) is 2.60. The van der Waals surface area contributed by atoms with Crippen molar-refractivity contribution in [1.29, 1.82) is 0 Å². The number of benzene rings is 1. The first-order chi connectivity index (χ1) is 10.1. The molecule has 0 bridgehead atoms. The van der Waals surface area contributed by atoms with E-state index in [1.165, 1.54) is 24.3 Å². The van der Waals surface area contributed by atoms with Crippen molar-refractivity contribution >= 4 is 5.91 Å². The van der Waals surface area contributed by atoms with Crippen molar-refractivity contribution in [3.05, 3.63) is 29.8 Å². The fraction of sp³-hybridized carbons (Fsp3) is 0.533. The van der Waals surface area contributed by atoms with Gasteiger partial charge in [0.1, 0.15) is 5.75 Å². The van der Waals surface area contributed by atoms with Gasteiger partial charge in [0.15, 0.2) is 0 Å². The van der Waals surface area contributed by atoms with Gasteiger partial charge in [0.25, 0.3) is 5.91 Å². The number of nitrogens with one attached hydrogen (secondary N) is 1. The van der Waals surface area contributed by atoms with E-state index in [2.05, 4.69) is 10.1 Å². The van der Waals surface area contributed by atoms with E-state index in [0.717, 1.165) is 25.7 Å². The molecular weight excluding hydrogens is 280 g/mol. The number of aliphatic hydroxyl groups excluding tert-OH is 1. The van der Waals surface area contributed by atoms with Crippen molar-refractivity contribution in [3.63, 3.8) is 0 Å². The average Bonchev–Trinajstić information content (AvgIpc) is 2.99. The second-order valence-corrected chi connectivity index (χ2v) is 5.22. The monoisotopic (exact) mass is 299 g/mol. The molecule has 6 heteroatoms. The second kappa shape index (κ2) is 7.36. The lowest BCUT2D eigenvalue weighted by Crippen LogP contribution is -2.35. The Balaban J connectivity index is 1.82. The molecule has 1 saturated carbocycles. The summed E-state index contributed by atoms with van der Waals surface area (Å²) < 4.78 is 28.2. The first-order valence-corrected chi connectivity index (χ1v) is 7.07. The molecule has 116 valence electrons. The summed E-state index contributed by atoms with van der Waals surface area (Å²) in [5.41, 5.74) is 0.343. The molecule has 2 rings (SSSR count). The first kappa shape index (κ1) is 15.7. The van der Waals surface area contributed by atoms with E-state index in [9.17, 15) is 18.7 Å². The summed E-state index contributed by atoms with van der Waals surface area (Å²) in [6, 6.07) is 5.45. The zero-order chi connectivity index (χ0) is 15.2. The van der Waals surface area contributed by atoms with Crippen LogP contribution in [0.25, 0.3) is 0 Å². The van der Waals surface area contributed by atoms with Crippen molar-refractivity contribution in [2.45, 2.75) is 38.4 Å². The Labute approximate surface area is 122 Å². The number of hydrogen-bond donors (Lipinski definition) is 2. The third-order valence-corrected chi connectivity index (χ3v) is 3.76. The number of hydrogen-bond acceptors (Lipinski definition) is 3. The van der Waals surface area contributed by atoms with E-state index in [4.69, 9.17) is 0 Å². The Kier molecular flexibility index (Phi) is 5.50. The number of halogens is 2. The molecule has 0 heterocycles. The first-order valence-electron chi connectivity index (χ1n) is 7.07. The van der Waals surface area contributed by atoms with E-state index in [-0.39, 0.29) is 24.1 Å². The number of carbonyl (C=O) groups excluding carboxylic acids is 1. The SMILES string of the molecule is O=C(NCC(O)C1CCCC1)c1ccc(OC(F)F)cc1. The highest BCUT2D eigenvalue weighted by atomic mass is 19.3. The van der Waals surface area contributed by atoms with Gasteiger partial charge < -0.3 is 15.2 Å². The van der Waals surface area contributed by atoms with E-state index < -0.39 is 12.7 Å². The highest BCUT2D eigenvalue weighted by Crippen LogP contribution is 2.27. The second-order valence-electron chi connectivity index (χ2n) is 5.22. The van der Waals surface area contributed by atoms with Gasteiger partial charge in [-0.05, 0) is 43.0 Å². The average molecular weight is 299 g/mol. The lowest BCUT2D eigenvalue weighted by Gasteiger charge is -2.18. The zero-order valence-electron chi connectivity index (χ0n) is 11.6. The van der Waals surface area contributed by atoms with Gasteiger partial charge in [0.2, 0.25) is 0 Å². The number of alkyl halides is 2. The zero-order valence-corrected chi connectivity index (χ0v) is 11.6. The standard InChI is InChI=1S/C15H19F2NO3/c16-15(17)21-12-7-5-11(6-8-12)14(20)18-9-13(19)10-3-1-2-4-10/h5-8,10,13,15,19H,1-4,9H2,(H,18,20). The third kappa shape index (κ3) is 4.67. The summed E-state index contributed by atoms with van der Waals surface area (Å²) in [7, 11) is 0. The maximum atomic E-state index is 12.0. The number of ether oxygens (including phenoxy) is 1. The molecule has 1 aliphatic carbocycles. The Hall–Kier alpha value is -1.69. The molecule has 4 nitrogen and oxygen atoms in total. The van der Waals surface area contributed by atoms with Crippen LogP contribution >= 0.6 is 0 Å². The van der Waals surface area contributed by atoms with E-state index in [0.29, 0.717) is 5.56 Å². The van der Waals surface area contributed by atoms with Crippen LogP contribution in [0.15, 0.2) is 24.3 Å². The largest absolute Gasteiger partial charge is 0.435 e. The van der Waals surface area contributed by atoms with Gasteiger partial charge in [0.05, 0.1) is 6.10 Å². The molecule has 0 aromatic heterocycles. The molecule has 1 fully saturated rings. The molecule has 0 radical (unpaired) electrons. The summed E-state index contributed by atoms with van der Waals surface area (Å²) in [5, 5.41) is 12.6. The summed E-state index contributed by atoms with van der Waals surface area (Å²) in [6.07, 6.45) is 3.72. The molecule has 0 saturated heterocycles. The predicted octanol–water partition coefficient (Wildman–Crippen LogP) is 2.57. The lowest BCUT2D eigenvalue weighted by atomic mass is 10.0. The van der Waals surface area contributed by atoms with Gasteiger partial charge in [-0.1, -0.05) is 12.8 Å². The Morgan fingerprint density at radius 3 is 2.48 bits per heavy atom. The van der Waals surface area contributed by atoms with Gasteiger partial charge in [-0.2, -0.15) is 8.78 Å². The lowest BCUT2D eigenvalue weighted by molar-refractivity contribution is -0.0498. The van der Waals surface area contributed by atoms with E-state index >= 15 is 0 Å². The molecule has 1 unspecified atom stereocenters. The number of rotatable bonds is 6. The van der Waals surface area contributed by atoms with Crippen molar-refractivity contribution in [2.24, 2.45) is 5.92 Å². The topological polar surface area (TPSA) is 58.6 Å². The van der Waals surface area contributed by atoms with Gasteiger partial charge in [-0.25, -0.2) is 0 Å². The van der Waals surface area contributed by atoms with Gasteiger partial charge in [-0.15, -0.1) is 0 Å². The van der Waals surface area contributed by atoms with Gasteiger partial charge in [0, 0.05) is 12.1 Å². The third-order valence-electron chi connectivity index (χ3n) is 3.76. The Morgan fingerprint density at radius 2 is 1.90 bits per heavy atom. The van der Waals surface area contributed by atoms with E-state index in [1.54, 1.807) is 0 Å². The van der Waals surface area contributed by atoms with E-state index in [1.807, 2.05) is 0 Å². The minimum atomic E-state index is -2.88. The minimum absolute atomic E-state index is 0.00698. The number of aliphatic hydroxyl groups is 1. The van der Waals surface area contributed by atoms with Crippen molar-refractivity contribution in [2.75, 3.05) is 6.54 Å². The molecule has 1 amide bonds.